The van der Waals surface area contributed by atoms with Gasteiger partial charge in [0.25, 0.3) is 11.8 Å². The molecule has 1 aromatic rings. The first kappa shape index (κ1) is 16.0. The zero-order valence-electron chi connectivity index (χ0n) is 12.2. The summed E-state index contributed by atoms with van der Waals surface area (Å²) in [6.45, 7) is 1.37. The number of imide groups is 1. The van der Waals surface area contributed by atoms with E-state index in [2.05, 4.69) is 5.32 Å². The van der Waals surface area contributed by atoms with Gasteiger partial charge in [0.15, 0.2) is 0 Å². The molecule has 4 amide bonds. The van der Waals surface area contributed by atoms with Gasteiger partial charge in [-0.3, -0.25) is 19.2 Å². The molecular formula is C14H15N3O4S. The van der Waals surface area contributed by atoms with Gasteiger partial charge in [0.1, 0.15) is 6.54 Å². The van der Waals surface area contributed by atoms with Gasteiger partial charge >= 0.3 is 5.24 Å². The normalized spacial score (nSPS) is 13.1. The lowest BCUT2D eigenvalue weighted by molar-refractivity contribution is -0.122. The predicted molar refractivity (Wildman–Crippen MR) is 81.2 cm³/mol. The number of nitrogens with one attached hydrogen (secondary N) is 1. The van der Waals surface area contributed by atoms with Crippen molar-refractivity contribution in [3.05, 3.63) is 35.4 Å². The third-order valence-electron chi connectivity index (χ3n) is 3.06. The number of benzene rings is 1. The van der Waals surface area contributed by atoms with Gasteiger partial charge in [-0.25, -0.2) is 5.01 Å². The molecule has 1 aromatic carbocycles. The smallest absolute Gasteiger partial charge is 0.301 e. The van der Waals surface area contributed by atoms with Crippen LogP contribution < -0.4 is 5.32 Å². The van der Waals surface area contributed by atoms with Gasteiger partial charge in [-0.1, -0.05) is 30.8 Å². The van der Waals surface area contributed by atoms with Gasteiger partial charge in [0, 0.05) is 7.05 Å². The second kappa shape index (κ2) is 6.61. The second-order valence-corrected chi connectivity index (χ2v) is 5.61. The molecule has 0 saturated carbocycles. The maximum Gasteiger partial charge on any atom is 0.301 e. The summed E-state index contributed by atoms with van der Waals surface area (Å²) in [5.41, 5.74) is 0.451. The molecule has 0 spiro atoms. The number of nitrogens with zero attached hydrogens (tertiary/aromatic N) is 2. The highest BCUT2D eigenvalue weighted by Gasteiger charge is 2.41. The number of carbonyl (C=O) groups is 4. The minimum absolute atomic E-state index is 0.226. The summed E-state index contributed by atoms with van der Waals surface area (Å²) in [4.78, 5) is 48.6. The van der Waals surface area contributed by atoms with Crippen molar-refractivity contribution in [2.75, 3.05) is 19.3 Å². The number of hydrazine groups is 1. The van der Waals surface area contributed by atoms with Crippen LogP contribution in [0.3, 0.4) is 0 Å². The first-order chi connectivity index (χ1) is 10.5. The van der Waals surface area contributed by atoms with Gasteiger partial charge in [0.2, 0.25) is 5.91 Å². The van der Waals surface area contributed by atoms with E-state index in [9.17, 15) is 19.2 Å². The number of hydrogen-bond acceptors (Lipinski definition) is 5. The van der Waals surface area contributed by atoms with Crippen LogP contribution in [0.25, 0.3) is 0 Å². The summed E-state index contributed by atoms with van der Waals surface area (Å²) in [5, 5.41) is 3.48. The third-order valence-corrected chi connectivity index (χ3v) is 3.81. The molecule has 1 N–H and O–H groups in total. The summed E-state index contributed by atoms with van der Waals surface area (Å²) >= 11 is 0.922. The molecule has 0 unspecified atom stereocenters. The van der Waals surface area contributed by atoms with E-state index in [0.717, 1.165) is 21.8 Å². The summed E-state index contributed by atoms with van der Waals surface area (Å²) in [5.74, 6) is -1.21. The number of amides is 4. The highest BCUT2D eigenvalue weighted by Crippen LogP contribution is 2.25. The van der Waals surface area contributed by atoms with Crippen LogP contribution in [0, 0.1) is 0 Å². The van der Waals surface area contributed by atoms with Gasteiger partial charge in [-0.15, -0.1) is 0 Å². The van der Waals surface area contributed by atoms with Crippen molar-refractivity contribution >= 4 is 34.7 Å². The Morgan fingerprint density at radius 2 is 1.73 bits per heavy atom. The van der Waals surface area contributed by atoms with Crippen LogP contribution in [0.5, 0.6) is 0 Å². The van der Waals surface area contributed by atoms with Gasteiger partial charge in [-0.2, -0.15) is 5.01 Å². The summed E-state index contributed by atoms with van der Waals surface area (Å²) in [6.07, 6.45) is 0. The third kappa shape index (κ3) is 2.82. The zero-order valence-corrected chi connectivity index (χ0v) is 13.0. The van der Waals surface area contributed by atoms with Crippen LogP contribution >= 0.6 is 11.8 Å². The number of carbonyl (C=O) groups excluding carboxylic acids is 4. The van der Waals surface area contributed by atoms with E-state index in [1.165, 1.54) is 19.2 Å². The van der Waals surface area contributed by atoms with Crippen molar-refractivity contribution in [1.82, 2.24) is 15.3 Å². The number of fused-ring (bicyclic) bond motifs is 1. The Bertz CT molecular complexity index is 612. The van der Waals surface area contributed by atoms with E-state index < -0.39 is 29.5 Å². The molecule has 7 nitrogen and oxygen atoms in total. The zero-order chi connectivity index (χ0) is 16.3. The van der Waals surface area contributed by atoms with Crippen LogP contribution in [-0.2, 0) is 4.79 Å². The maximum absolute atomic E-state index is 12.4. The molecule has 0 atom stereocenters. The maximum atomic E-state index is 12.4. The molecule has 116 valence electrons. The highest BCUT2D eigenvalue weighted by atomic mass is 32.2. The molecule has 0 radical (unpaired) electrons. The first-order valence-corrected chi connectivity index (χ1v) is 7.62. The highest BCUT2D eigenvalue weighted by molar-refractivity contribution is 8.13. The summed E-state index contributed by atoms with van der Waals surface area (Å²) < 4.78 is 0. The average molecular weight is 321 g/mol. The van der Waals surface area contributed by atoms with E-state index in [4.69, 9.17) is 0 Å². The van der Waals surface area contributed by atoms with Crippen molar-refractivity contribution in [1.29, 1.82) is 0 Å². The van der Waals surface area contributed by atoms with Crippen molar-refractivity contribution in [2.45, 2.75) is 6.92 Å². The van der Waals surface area contributed by atoms with Crippen LogP contribution in [0.2, 0.25) is 0 Å². The molecule has 22 heavy (non-hydrogen) atoms. The molecule has 0 aromatic heterocycles. The minimum Gasteiger partial charge on any atom is -0.358 e. The predicted octanol–water partition coefficient (Wildman–Crippen LogP) is 1.12. The Balaban J connectivity index is 2.36. The SMILES string of the molecule is CCSC(=O)N(CC(=O)NC)N1C(=O)c2ccccc2C1=O. The lowest BCUT2D eigenvalue weighted by atomic mass is 10.1. The van der Waals surface area contributed by atoms with Crippen LogP contribution in [0.15, 0.2) is 24.3 Å². The van der Waals surface area contributed by atoms with Crippen molar-refractivity contribution in [3.63, 3.8) is 0 Å². The fourth-order valence-corrected chi connectivity index (χ4v) is 2.57. The van der Waals surface area contributed by atoms with Crippen molar-refractivity contribution < 1.29 is 19.2 Å². The topological polar surface area (TPSA) is 86.8 Å². The molecule has 0 aliphatic carbocycles. The largest absolute Gasteiger partial charge is 0.358 e. The fraction of sp³-hybridized carbons (Fsp3) is 0.286. The Morgan fingerprint density at radius 1 is 1.18 bits per heavy atom. The molecular weight excluding hydrogens is 306 g/mol. The molecule has 1 heterocycles. The Morgan fingerprint density at radius 3 is 2.18 bits per heavy atom. The summed E-state index contributed by atoms with van der Waals surface area (Å²) in [6, 6.07) is 6.31. The van der Waals surface area contributed by atoms with E-state index in [-0.39, 0.29) is 11.1 Å². The lowest BCUT2D eigenvalue weighted by Gasteiger charge is -2.28. The Kier molecular flexibility index (Phi) is 4.81. The molecule has 2 rings (SSSR count). The van der Waals surface area contributed by atoms with Gasteiger partial charge in [0.05, 0.1) is 11.1 Å². The second-order valence-electron chi connectivity index (χ2n) is 4.40. The van der Waals surface area contributed by atoms with Crippen LogP contribution in [0.4, 0.5) is 4.79 Å². The lowest BCUT2D eigenvalue weighted by Crippen LogP contribution is -2.51. The van der Waals surface area contributed by atoms with E-state index in [0.29, 0.717) is 5.75 Å². The molecule has 1 aliphatic heterocycles. The Labute approximate surface area is 131 Å². The van der Waals surface area contributed by atoms with Crippen LogP contribution in [-0.4, -0.2) is 52.3 Å². The number of rotatable bonds is 4. The summed E-state index contributed by atoms with van der Waals surface area (Å²) in [7, 11) is 1.42. The van der Waals surface area contributed by atoms with E-state index in [1.807, 2.05) is 0 Å². The molecule has 8 heteroatoms. The molecule has 0 saturated heterocycles. The molecule has 0 fully saturated rings. The quantitative estimate of drug-likeness (QED) is 0.840. The standard InChI is InChI=1S/C14H15N3O4S/c1-3-22-14(21)16(8-11(18)15-2)17-12(19)9-6-4-5-7-10(9)13(17)20/h4-7H,3,8H2,1-2H3,(H,15,18). The van der Waals surface area contributed by atoms with Crippen molar-refractivity contribution in [2.24, 2.45) is 0 Å². The van der Waals surface area contributed by atoms with Gasteiger partial charge in [-0.05, 0) is 17.9 Å². The van der Waals surface area contributed by atoms with E-state index in [1.54, 1.807) is 19.1 Å². The fourth-order valence-electron chi connectivity index (χ4n) is 2.03. The monoisotopic (exact) mass is 321 g/mol. The molecule has 0 bridgehead atoms. The number of likely N-dealkylation sites (N-methyl/N-ethyl adjacent to an activating group) is 1. The van der Waals surface area contributed by atoms with Crippen LogP contribution in [0.1, 0.15) is 27.6 Å². The number of thioether (sulfide) groups is 1. The molecule has 1 aliphatic rings. The average Bonchev–Trinajstić information content (AvgIpc) is 2.77. The van der Waals surface area contributed by atoms with Gasteiger partial charge < -0.3 is 5.32 Å². The Hall–Kier alpha value is -2.35. The van der Waals surface area contributed by atoms with Crippen molar-refractivity contribution in [3.8, 4) is 0 Å². The first-order valence-electron chi connectivity index (χ1n) is 6.63. The van der Waals surface area contributed by atoms with E-state index >= 15 is 0 Å². The minimum atomic E-state index is -0.602. The number of hydrogen-bond donors (Lipinski definition) is 1.